The molecule has 1 aromatic heterocycles. The highest BCUT2D eigenvalue weighted by molar-refractivity contribution is 9.10. The van der Waals surface area contributed by atoms with E-state index in [9.17, 15) is 4.79 Å². The van der Waals surface area contributed by atoms with Gasteiger partial charge in [-0.3, -0.25) is 9.69 Å². The lowest BCUT2D eigenvalue weighted by Gasteiger charge is -2.31. The van der Waals surface area contributed by atoms with Crippen molar-refractivity contribution in [3.63, 3.8) is 0 Å². The van der Waals surface area contributed by atoms with E-state index in [1.807, 2.05) is 25.1 Å². The van der Waals surface area contributed by atoms with Crippen LogP contribution in [0.5, 0.6) is 0 Å². The summed E-state index contributed by atoms with van der Waals surface area (Å²) in [5.41, 5.74) is 4.62. The van der Waals surface area contributed by atoms with Gasteiger partial charge in [0.15, 0.2) is 0 Å². The minimum atomic E-state index is 0.0464. The third kappa shape index (κ3) is 4.09. The molecule has 2 N–H and O–H groups in total. The minimum Gasteiger partial charge on any atom is -0.361 e. The fourth-order valence-electron chi connectivity index (χ4n) is 3.95. The Bertz CT molecular complexity index is 957. The molecule has 5 heteroatoms. The molecule has 0 saturated carbocycles. The van der Waals surface area contributed by atoms with Crippen molar-refractivity contribution in [1.29, 1.82) is 0 Å². The highest BCUT2D eigenvalue weighted by Crippen LogP contribution is 2.33. The fraction of sp³-hybridized carbons (Fsp3) is 0.318. The van der Waals surface area contributed by atoms with E-state index in [1.165, 1.54) is 22.0 Å². The Kier molecular flexibility index (Phi) is 5.32. The summed E-state index contributed by atoms with van der Waals surface area (Å²) in [7, 11) is 0. The van der Waals surface area contributed by atoms with Crippen LogP contribution in [-0.4, -0.2) is 35.4 Å². The molecule has 0 unspecified atom stereocenters. The van der Waals surface area contributed by atoms with Crippen molar-refractivity contribution in [2.45, 2.75) is 25.7 Å². The monoisotopic (exact) mass is 425 g/mol. The number of aromatic nitrogens is 1. The van der Waals surface area contributed by atoms with E-state index >= 15 is 0 Å². The van der Waals surface area contributed by atoms with Crippen LogP contribution in [0.1, 0.15) is 29.9 Å². The van der Waals surface area contributed by atoms with Crippen LogP contribution in [0.4, 0.5) is 5.69 Å². The number of rotatable bonds is 4. The lowest BCUT2D eigenvalue weighted by atomic mass is 9.89. The summed E-state index contributed by atoms with van der Waals surface area (Å²) in [4.78, 5) is 18.1. The second-order valence-corrected chi connectivity index (χ2v) is 8.23. The van der Waals surface area contributed by atoms with Crippen LogP contribution in [-0.2, 0) is 4.79 Å². The average Bonchev–Trinajstić information content (AvgIpc) is 3.09. The molecule has 2 heterocycles. The molecule has 1 fully saturated rings. The van der Waals surface area contributed by atoms with Gasteiger partial charge in [-0.05, 0) is 84.0 Å². The Balaban J connectivity index is 1.33. The van der Waals surface area contributed by atoms with E-state index in [4.69, 9.17) is 0 Å². The molecule has 1 aliphatic heterocycles. The minimum absolute atomic E-state index is 0.0464. The van der Waals surface area contributed by atoms with Crippen LogP contribution in [0.25, 0.3) is 10.9 Å². The number of benzene rings is 2. The lowest BCUT2D eigenvalue weighted by molar-refractivity contribution is -0.117. The molecule has 0 radical (unpaired) electrons. The van der Waals surface area contributed by atoms with Gasteiger partial charge >= 0.3 is 0 Å². The van der Waals surface area contributed by atoms with Gasteiger partial charge in [-0.2, -0.15) is 0 Å². The number of anilines is 1. The molecule has 0 spiro atoms. The smallest absolute Gasteiger partial charge is 0.238 e. The van der Waals surface area contributed by atoms with Crippen molar-refractivity contribution in [1.82, 2.24) is 9.88 Å². The SMILES string of the molecule is Cc1ccc(NC(=O)CN2CCC(c3c[nH]c4ccccc34)CC2)c(Br)c1. The summed E-state index contributed by atoms with van der Waals surface area (Å²) in [5, 5.41) is 4.35. The molecule has 2 aromatic carbocycles. The molecule has 4 nitrogen and oxygen atoms in total. The van der Waals surface area contributed by atoms with Gasteiger partial charge in [0.05, 0.1) is 12.2 Å². The molecular weight excluding hydrogens is 402 g/mol. The van der Waals surface area contributed by atoms with Gasteiger partial charge in [0.1, 0.15) is 0 Å². The zero-order valence-corrected chi connectivity index (χ0v) is 17.1. The van der Waals surface area contributed by atoms with Crippen molar-refractivity contribution < 1.29 is 4.79 Å². The Morgan fingerprint density at radius 1 is 1.22 bits per heavy atom. The van der Waals surface area contributed by atoms with Crippen LogP contribution >= 0.6 is 15.9 Å². The summed E-state index contributed by atoms with van der Waals surface area (Å²) in [6, 6.07) is 14.5. The largest absolute Gasteiger partial charge is 0.361 e. The van der Waals surface area contributed by atoms with Crippen LogP contribution in [0, 0.1) is 6.92 Å². The molecule has 4 rings (SSSR count). The summed E-state index contributed by atoms with van der Waals surface area (Å²) < 4.78 is 0.925. The Labute approximate surface area is 168 Å². The number of nitrogens with zero attached hydrogens (tertiary/aromatic N) is 1. The summed E-state index contributed by atoms with van der Waals surface area (Å²) in [6.45, 7) is 4.38. The van der Waals surface area contributed by atoms with Gasteiger partial charge in [-0.25, -0.2) is 0 Å². The number of fused-ring (bicyclic) bond motifs is 1. The number of hydrogen-bond acceptors (Lipinski definition) is 2. The number of aryl methyl sites for hydroxylation is 1. The summed E-state index contributed by atoms with van der Waals surface area (Å²) >= 11 is 3.52. The number of carbonyl (C=O) groups excluding carboxylic acids is 1. The van der Waals surface area contributed by atoms with Crippen molar-refractivity contribution in [3.05, 3.63) is 64.3 Å². The Hall–Kier alpha value is -2.11. The van der Waals surface area contributed by atoms with Gasteiger partial charge in [-0.15, -0.1) is 0 Å². The van der Waals surface area contributed by atoms with Crippen LogP contribution < -0.4 is 5.32 Å². The van der Waals surface area contributed by atoms with Crippen LogP contribution in [0.3, 0.4) is 0 Å². The maximum absolute atomic E-state index is 12.4. The lowest BCUT2D eigenvalue weighted by Crippen LogP contribution is -2.38. The first-order chi connectivity index (χ1) is 13.1. The number of aromatic amines is 1. The predicted octanol–water partition coefficient (Wildman–Crippen LogP) is 5.06. The molecule has 1 aliphatic rings. The highest BCUT2D eigenvalue weighted by Gasteiger charge is 2.24. The van der Waals surface area contributed by atoms with E-state index in [1.54, 1.807) is 0 Å². The number of H-pyrrole nitrogens is 1. The standard InChI is InChI=1S/C22H24BrN3O/c1-15-6-7-21(19(23)12-15)25-22(27)14-26-10-8-16(9-11-26)18-13-24-20-5-3-2-4-17(18)20/h2-7,12-13,16,24H,8-11,14H2,1H3,(H,25,27). The number of hydrogen-bond donors (Lipinski definition) is 2. The first kappa shape index (κ1) is 18.3. The second-order valence-electron chi connectivity index (χ2n) is 7.37. The van der Waals surface area contributed by atoms with E-state index in [-0.39, 0.29) is 5.91 Å². The van der Waals surface area contributed by atoms with E-state index in [0.29, 0.717) is 12.5 Å². The summed E-state index contributed by atoms with van der Waals surface area (Å²) in [5.74, 6) is 0.608. The highest BCUT2D eigenvalue weighted by atomic mass is 79.9. The number of nitrogens with one attached hydrogen (secondary N) is 2. The molecule has 0 atom stereocenters. The number of likely N-dealkylation sites (tertiary alicyclic amines) is 1. The number of piperidine rings is 1. The van der Waals surface area contributed by atoms with Crippen molar-refractivity contribution >= 4 is 38.4 Å². The third-order valence-electron chi connectivity index (χ3n) is 5.41. The zero-order chi connectivity index (χ0) is 18.8. The maximum Gasteiger partial charge on any atom is 0.238 e. The quantitative estimate of drug-likeness (QED) is 0.613. The Morgan fingerprint density at radius 3 is 2.78 bits per heavy atom. The van der Waals surface area contributed by atoms with Gasteiger partial charge in [0.25, 0.3) is 0 Å². The van der Waals surface area contributed by atoms with Crippen LogP contribution in [0.2, 0.25) is 0 Å². The maximum atomic E-state index is 12.4. The van der Waals surface area contributed by atoms with Crippen molar-refractivity contribution in [3.8, 4) is 0 Å². The first-order valence-electron chi connectivity index (χ1n) is 9.44. The van der Waals surface area contributed by atoms with Gasteiger partial charge in [-0.1, -0.05) is 24.3 Å². The van der Waals surface area contributed by atoms with Crippen molar-refractivity contribution in [2.75, 3.05) is 25.0 Å². The molecule has 0 aliphatic carbocycles. The Morgan fingerprint density at radius 2 is 2.00 bits per heavy atom. The zero-order valence-electron chi connectivity index (χ0n) is 15.5. The molecule has 3 aromatic rings. The van der Waals surface area contributed by atoms with E-state index in [2.05, 4.69) is 61.6 Å². The average molecular weight is 426 g/mol. The third-order valence-corrected chi connectivity index (χ3v) is 6.07. The van der Waals surface area contributed by atoms with Gasteiger partial charge in [0, 0.05) is 21.6 Å². The van der Waals surface area contributed by atoms with Gasteiger partial charge < -0.3 is 10.3 Å². The first-order valence-corrected chi connectivity index (χ1v) is 10.2. The second kappa shape index (κ2) is 7.87. The molecule has 140 valence electrons. The molecule has 1 amide bonds. The molecule has 1 saturated heterocycles. The number of halogens is 1. The molecule has 0 bridgehead atoms. The van der Waals surface area contributed by atoms with E-state index < -0.39 is 0 Å². The fourth-order valence-corrected chi connectivity index (χ4v) is 4.54. The van der Waals surface area contributed by atoms with Gasteiger partial charge in [0.2, 0.25) is 5.91 Å². The summed E-state index contributed by atoms with van der Waals surface area (Å²) in [6.07, 6.45) is 4.33. The predicted molar refractivity (Wildman–Crippen MR) is 114 cm³/mol. The number of para-hydroxylation sites is 1. The topological polar surface area (TPSA) is 48.1 Å². The van der Waals surface area contributed by atoms with E-state index in [0.717, 1.165) is 36.1 Å². The number of amides is 1. The molecule has 27 heavy (non-hydrogen) atoms. The normalized spacial score (nSPS) is 15.9. The van der Waals surface area contributed by atoms with Crippen LogP contribution in [0.15, 0.2) is 53.1 Å². The molecular formula is C22H24BrN3O. The number of carbonyl (C=O) groups is 1. The van der Waals surface area contributed by atoms with Crippen molar-refractivity contribution in [2.24, 2.45) is 0 Å².